The van der Waals surface area contributed by atoms with Gasteiger partial charge >= 0.3 is 0 Å². The van der Waals surface area contributed by atoms with Gasteiger partial charge in [-0.1, -0.05) is 38.9 Å². The van der Waals surface area contributed by atoms with Crippen LogP contribution in [0.2, 0.25) is 18.1 Å². The number of rotatable bonds is 6. The van der Waals surface area contributed by atoms with Gasteiger partial charge in [0.25, 0.3) is 0 Å². The van der Waals surface area contributed by atoms with Crippen LogP contribution in [0.1, 0.15) is 20.8 Å². The van der Waals surface area contributed by atoms with E-state index in [2.05, 4.69) is 42.7 Å². The molecule has 1 aromatic heterocycles. The summed E-state index contributed by atoms with van der Waals surface area (Å²) in [5.41, 5.74) is 0. The average molecular weight is 237 g/mol. The molecular weight excluding hydrogens is 214 g/mol. The number of aromatic nitrogens is 2. The zero-order valence-corrected chi connectivity index (χ0v) is 11.9. The van der Waals surface area contributed by atoms with Crippen LogP contribution in [0.3, 0.4) is 0 Å². The fourth-order valence-corrected chi connectivity index (χ4v) is 5.50. The second kappa shape index (κ2) is 5.99. The predicted octanol–water partition coefficient (Wildman–Crippen LogP) is 2.96. The minimum absolute atomic E-state index is 0.995. The molecular formula is C12H23N3Si. The van der Waals surface area contributed by atoms with E-state index in [4.69, 9.17) is 0 Å². The Balaban J connectivity index is 2.73. The van der Waals surface area contributed by atoms with Crippen LogP contribution in [0.25, 0.3) is 0 Å². The van der Waals surface area contributed by atoms with Crippen molar-refractivity contribution in [1.82, 2.24) is 9.97 Å². The molecule has 0 saturated carbocycles. The van der Waals surface area contributed by atoms with Crippen molar-refractivity contribution in [2.45, 2.75) is 38.9 Å². The summed E-state index contributed by atoms with van der Waals surface area (Å²) in [4.78, 5) is 10.7. The van der Waals surface area contributed by atoms with Crippen LogP contribution >= 0.6 is 0 Å². The molecule has 0 atom stereocenters. The fourth-order valence-electron chi connectivity index (χ4n) is 2.16. The van der Waals surface area contributed by atoms with E-state index in [1.807, 2.05) is 6.20 Å². The van der Waals surface area contributed by atoms with E-state index in [1.54, 1.807) is 12.4 Å². The molecule has 1 aromatic rings. The van der Waals surface area contributed by atoms with Crippen LogP contribution in [0.15, 0.2) is 18.6 Å². The minimum Gasteiger partial charge on any atom is -0.361 e. The summed E-state index contributed by atoms with van der Waals surface area (Å²) in [6, 6.07) is 4.06. The Morgan fingerprint density at radius 1 is 1.12 bits per heavy atom. The average Bonchev–Trinajstić information content (AvgIpc) is 2.37. The fraction of sp³-hybridized carbons (Fsp3) is 0.667. The molecule has 16 heavy (non-hydrogen) atoms. The molecule has 0 spiro atoms. The Hall–Kier alpha value is -0.903. The van der Waals surface area contributed by atoms with Crippen LogP contribution in [0.4, 0.5) is 5.82 Å². The zero-order chi connectivity index (χ0) is 12.0. The van der Waals surface area contributed by atoms with Crippen molar-refractivity contribution >= 4 is 13.9 Å². The van der Waals surface area contributed by atoms with E-state index in [0.29, 0.717) is 0 Å². The lowest BCUT2D eigenvalue weighted by Crippen LogP contribution is -2.44. The highest BCUT2D eigenvalue weighted by atomic mass is 28.3. The van der Waals surface area contributed by atoms with Gasteiger partial charge in [-0.3, -0.25) is 4.98 Å². The first-order valence-electron chi connectivity index (χ1n) is 6.14. The van der Waals surface area contributed by atoms with Gasteiger partial charge in [0.1, 0.15) is 5.82 Å². The highest BCUT2D eigenvalue weighted by molar-refractivity contribution is 6.80. The van der Waals surface area contributed by atoms with Crippen molar-refractivity contribution in [3.8, 4) is 0 Å². The first-order valence-corrected chi connectivity index (χ1v) is 8.97. The minimum atomic E-state index is -1.11. The molecule has 0 fully saturated rings. The molecule has 0 aliphatic rings. The molecule has 3 nitrogen and oxygen atoms in total. The molecule has 1 rings (SSSR count). The smallest absolute Gasteiger partial charge is 0.146 e. The molecule has 1 heterocycles. The highest BCUT2D eigenvalue weighted by Crippen LogP contribution is 2.22. The maximum absolute atomic E-state index is 4.35. The lowest BCUT2D eigenvalue weighted by molar-refractivity contribution is 0.962. The largest absolute Gasteiger partial charge is 0.361 e. The van der Waals surface area contributed by atoms with Gasteiger partial charge in [-0.15, -0.1) is 0 Å². The Morgan fingerprint density at radius 3 is 2.19 bits per heavy atom. The number of anilines is 1. The van der Waals surface area contributed by atoms with Gasteiger partial charge in [0, 0.05) is 25.6 Å². The maximum Gasteiger partial charge on any atom is 0.146 e. The van der Waals surface area contributed by atoms with E-state index in [1.165, 1.54) is 24.3 Å². The van der Waals surface area contributed by atoms with Gasteiger partial charge in [0.2, 0.25) is 0 Å². The maximum atomic E-state index is 4.35. The van der Waals surface area contributed by atoms with Crippen LogP contribution in [0.5, 0.6) is 0 Å². The van der Waals surface area contributed by atoms with Crippen LogP contribution in [-0.2, 0) is 0 Å². The second-order valence-corrected chi connectivity index (χ2v) is 9.92. The van der Waals surface area contributed by atoms with Gasteiger partial charge in [-0.2, -0.15) is 0 Å². The second-order valence-electron chi connectivity index (χ2n) is 4.48. The van der Waals surface area contributed by atoms with Gasteiger partial charge in [-0.25, -0.2) is 4.98 Å². The SMILES string of the molecule is CC[Si](CC)(CC)CN(C)c1cnccn1. The van der Waals surface area contributed by atoms with Crippen molar-refractivity contribution in [2.24, 2.45) is 0 Å². The summed E-state index contributed by atoms with van der Waals surface area (Å²) in [5.74, 6) is 0.995. The summed E-state index contributed by atoms with van der Waals surface area (Å²) >= 11 is 0. The molecule has 0 unspecified atom stereocenters. The normalized spacial score (nSPS) is 11.5. The lowest BCUT2D eigenvalue weighted by Gasteiger charge is -2.33. The summed E-state index contributed by atoms with van der Waals surface area (Å²) in [5, 5.41) is 0. The predicted molar refractivity (Wildman–Crippen MR) is 72.5 cm³/mol. The molecule has 0 aromatic carbocycles. The molecule has 0 aliphatic carbocycles. The molecule has 0 saturated heterocycles. The number of hydrogen-bond donors (Lipinski definition) is 0. The van der Waals surface area contributed by atoms with Crippen LogP contribution in [0, 0.1) is 0 Å². The van der Waals surface area contributed by atoms with E-state index in [9.17, 15) is 0 Å². The molecule has 0 aliphatic heterocycles. The molecule has 90 valence electrons. The summed E-state index contributed by atoms with van der Waals surface area (Å²) in [6.45, 7) is 7.01. The van der Waals surface area contributed by atoms with Crippen molar-refractivity contribution in [2.75, 3.05) is 18.1 Å². The topological polar surface area (TPSA) is 29.0 Å². The Bertz CT molecular complexity index is 290. The van der Waals surface area contributed by atoms with Crippen LogP contribution < -0.4 is 4.90 Å². The Kier molecular flexibility index (Phi) is 4.93. The van der Waals surface area contributed by atoms with Crippen molar-refractivity contribution in [3.63, 3.8) is 0 Å². The van der Waals surface area contributed by atoms with Crippen molar-refractivity contribution < 1.29 is 0 Å². The molecule has 0 bridgehead atoms. The first-order chi connectivity index (χ1) is 7.67. The summed E-state index contributed by atoms with van der Waals surface area (Å²) in [7, 11) is 1.03. The Labute approximate surface area is 99.9 Å². The molecule has 0 N–H and O–H groups in total. The summed E-state index contributed by atoms with van der Waals surface area (Å²) in [6.07, 6.45) is 6.52. The number of nitrogens with zero attached hydrogens (tertiary/aromatic N) is 3. The third kappa shape index (κ3) is 3.04. The van der Waals surface area contributed by atoms with E-state index in [0.717, 1.165) is 5.82 Å². The highest BCUT2D eigenvalue weighted by Gasteiger charge is 2.28. The standard InChI is InChI=1S/C12H23N3Si/c1-5-16(6-2,7-3)11-15(4)12-10-13-8-9-14-12/h8-10H,5-7,11H2,1-4H3. The first kappa shape index (κ1) is 13.2. The van der Waals surface area contributed by atoms with Crippen molar-refractivity contribution in [3.05, 3.63) is 18.6 Å². The quantitative estimate of drug-likeness (QED) is 0.712. The lowest BCUT2D eigenvalue weighted by atomic mass is 10.6. The molecule has 0 radical (unpaired) electrons. The summed E-state index contributed by atoms with van der Waals surface area (Å²) < 4.78 is 0. The molecule has 0 amide bonds. The third-order valence-electron chi connectivity index (χ3n) is 3.76. The molecule has 4 heteroatoms. The Morgan fingerprint density at radius 2 is 1.75 bits per heavy atom. The van der Waals surface area contributed by atoms with Crippen molar-refractivity contribution in [1.29, 1.82) is 0 Å². The van der Waals surface area contributed by atoms with Gasteiger partial charge in [-0.05, 0) is 0 Å². The van der Waals surface area contributed by atoms with Crippen LogP contribution in [-0.4, -0.2) is 31.3 Å². The van der Waals surface area contributed by atoms with E-state index >= 15 is 0 Å². The van der Waals surface area contributed by atoms with E-state index < -0.39 is 8.07 Å². The zero-order valence-electron chi connectivity index (χ0n) is 10.9. The van der Waals surface area contributed by atoms with Gasteiger partial charge in [0.05, 0.1) is 14.3 Å². The third-order valence-corrected chi connectivity index (χ3v) is 9.41. The van der Waals surface area contributed by atoms with E-state index in [-0.39, 0.29) is 0 Å². The number of hydrogen-bond acceptors (Lipinski definition) is 3. The monoisotopic (exact) mass is 237 g/mol. The van der Waals surface area contributed by atoms with Gasteiger partial charge < -0.3 is 4.90 Å². The van der Waals surface area contributed by atoms with Gasteiger partial charge in [0.15, 0.2) is 0 Å².